The van der Waals surface area contributed by atoms with E-state index < -0.39 is 11.2 Å². The van der Waals surface area contributed by atoms with Crippen LogP contribution >= 0.6 is 11.3 Å². The van der Waals surface area contributed by atoms with Crippen molar-refractivity contribution in [2.45, 2.75) is 12.6 Å². The van der Waals surface area contributed by atoms with Gasteiger partial charge in [0.1, 0.15) is 5.00 Å². The zero-order valence-electron chi connectivity index (χ0n) is 8.50. The first-order valence-electron chi connectivity index (χ1n) is 4.98. The van der Waals surface area contributed by atoms with Crippen molar-refractivity contribution >= 4 is 16.3 Å². The molecule has 2 N–H and O–H groups in total. The molecule has 2 rings (SSSR count). The van der Waals surface area contributed by atoms with Gasteiger partial charge in [0, 0.05) is 13.1 Å². The molecule has 1 unspecified atom stereocenters. The van der Waals surface area contributed by atoms with Crippen molar-refractivity contribution in [1.29, 1.82) is 0 Å². The molecule has 0 radical (unpaired) electrons. The van der Waals surface area contributed by atoms with Gasteiger partial charge in [-0.3, -0.25) is 0 Å². The van der Waals surface area contributed by atoms with Crippen LogP contribution < -0.4 is 10.6 Å². The van der Waals surface area contributed by atoms with E-state index in [1.54, 1.807) is 0 Å². The number of nitrogens with zero attached hydrogens (tertiary/aromatic N) is 2. The molecular formula is C9H12F3N3S. The van der Waals surface area contributed by atoms with E-state index in [2.05, 4.69) is 4.98 Å². The van der Waals surface area contributed by atoms with Crippen LogP contribution in [-0.4, -0.2) is 24.6 Å². The van der Waals surface area contributed by atoms with Crippen LogP contribution in [-0.2, 0) is 6.18 Å². The van der Waals surface area contributed by atoms with Crippen molar-refractivity contribution in [2.24, 2.45) is 11.7 Å². The number of rotatable bonds is 2. The van der Waals surface area contributed by atoms with Crippen LogP contribution in [0.3, 0.4) is 0 Å². The number of nitrogens with two attached hydrogens (primary N) is 1. The molecular weight excluding hydrogens is 239 g/mol. The maximum absolute atomic E-state index is 12.3. The molecule has 0 amide bonds. The lowest BCUT2D eigenvalue weighted by atomic mass is 10.1. The molecule has 1 aliphatic rings. The van der Waals surface area contributed by atoms with Crippen molar-refractivity contribution in [2.75, 3.05) is 24.5 Å². The van der Waals surface area contributed by atoms with Crippen molar-refractivity contribution in [3.8, 4) is 0 Å². The number of aromatic nitrogens is 1. The Morgan fingerprint density at radius 1 is 1.56 bits per heavy atom. The van der Waals surface area contributed by atoms with E-state index in [0.717, 1.165) is 19.5 Å². The van der Waals surface area contributed by atoms with Crippen LogP contribution in [0.1, 0.15) is 11.4 Å². The topological polar surface area (TPSA) is 42.1 Å². The predicted molar refractivity (Wildman–Crippen MR) is 56.5 cm³/mol. The highest BCUT2D eigenvalue weighted by atomic mass is 32.1. The first kappa shape index (κ1) is 11.7. The summed E-state index contributed by atoms with van der Waals surface area (Å²) in [6.45, 7) is 2.08. The van der Waals surface area contributed by atoms with E-state index in [1.165, 1.54) is 6.20 Å². The molecule has 2 heterocycles. The summed E-state index contributed by atoms with van der Waals surface area (Å²) in [5.41, 5.74) is 5.53. The quantitative estimate of drug-likeness (QED) is 0.873. The maximum atomic E-state index is 12.3. The fourth-order valence-corrected chi connectivity index (χ4v) is 2.59. The third-order valence-corrected chi connectivity index (χ3v) is 3.77. The SMILES string of the molecule is NCC1CCN(c2cnc(C(F)(F)F)s2)C1. The molecule has 1 aromatic rings. The minimum absolute atomic E-state index is 0.386. The molecule has 3 nitrogen and oxygen atoms in total. The lowest BCUT2D eigenvalue weighted by Gasteiger charge is -2.14. The molecule has 16 heavy (non-hydrogen) atoms. The minimum atomic E-state index is -4.34. The zero-order chi connectivity index (χ0) is 11.8. The molecule has 0 spiro atoms. The van der Waals surface area contributed by atoms with Gasteiger partial charge >= 0.3 is 6.18 Å². The van der Waals surface area contributed by atoms with Gasteiger partial charge in [-0.25, -0.2) is 4.98 Å². The number of hydrogen-bond donors (Lipinski definition) is 1. The fraction of sp³-hybridized carbons (Fsp3) is 0.667. The summed E-state index contributed by atoms with van der Waals surface area (Å²) in [5.74, 6) is 0.386. The van der Waals surface area contributed by atoms with Crippen LogP contribution in [0.4, 0.5) is 18.2 Å². The van der Waals surface area contributed by atoms with E-state index >= 15 is 0 Å². The van der Waals surface area contributed by atoms with Crippen molar-refractivity contribution in [3.05, 3.63) is 11.2 Å². The summed E-state index contributed by atoms with van der Waals surface area (Å²) in [4.78, 5) is 5.32. The van der Waals surface area contributed by atoms with Gasteiger partial charge in [-0.05, 0) is 18.9 Å². The second kappa shape index (κ2) is 4.21. The summed E-state index contributed by atoms with van der Waals surface area (Å²) in [6.07, 6.45) is -2.10. The summed E-state index contributed by atoms with van der Waals surface area (Å²) < 4.78 is 37.0. The molecule has 7 heteroatoms. The summed E-state index contributed by atoms with van der Waals surface area (Å²) in [6, 6.07) is 0. The average molecular weight is 251 g/mol. The maximum Gasteiger partial charge on any atom is 0.443 e. The minimum Gasteiger partial charge on any atom is -0.362 e. The Balaban J connectivity index is 2.08. The van der Waals surface area contributed by atoms with Gasteiger partial charge < -0.3 is 10.6 Å². The third kappa shape index (κ3) is 2.30. The van der Waals surface area contributed by atoms with Gasteiger partial charge in [-0.15, -0.1) is 0 Å². The number of anilines is 1. The molecule has 0 aliphatic carbocycles. The van der Waals surface area contributed by atoms with E-state index in [9.17, 15) is 13.2 Å². The molecule has 0 saturated carbocycles. The lowest BCUT2D eigenvalue weighted by Crippen LogP contribution is -2.21. The van der Waals surface area contributed by atoms with E-state index in [-0.39, 0.29) is 0 Å². The average Bonchev–Trinajstić information content (AvgIpc) is 2.85. The van der Waals surface area contributed by atoms with Gasteiger partial charge in [-0.1, -0.05) is 11.3 Å². The van der Waals surface area contributed by atoms with Crippen LogP contribution in [0, 0.1) is 5.92 Å². The van der Waals surface area contributed by atoms with E-state index in [4.69, 9.17) is 5.73 Å². The Hall–Kier alpha value is -0.820. The van der Waals surface area contributed by atoms with E-state index in [0.29, 0.717) is 28.8 Å². The molecule has 1 fully saturated rings. The molecule has 0 bridgehead atoms. The summed E-state index contributed by atoms with van der Waals surface area (Å²) in [5, 5.41) is -0.193. The van der Waals surface area contributed by atoms with Gasteiger partial charge in [0.25, 0.3) is 0 Å². The largest absolute Gasteiger partial charge is 0.443 e. The molecule has 0 aromatic carbocycles. The smallest absolute Gasteiger partial charge is 0.362 e. The van der Waals surface area contributed by atoms with Crippen LogP contribution in [0.15, 0.2) is 6.20 Å². The number of halogens is 3. The molecule has 1 aliphatic heterocycles. The van der Waals surface area contributed by atoms with Crippen LogP contribution in [0.5, 0.6) is 0 Å². The summed E-state index contributed by atoms with van der Waals surface area (Å²) in [7, 11) is 0. The first-order valence-corrected chi connectivity index (χ1v) is 5.80. The first-order chi connectivity index (χ1) is 7.50. The van der Waals surface area contributed by atoms with Gasteiger partial charge in [0.2, 0.25) is 0 Å². The summed E-state index contributed by atoms with van der Waals surface area (Å²) >= 11 is 0.699. The Morgan fingerprint density at radius 3 is 2.81 bits per heavy atom. The highest BCUT2D eigenvalue weighted by Crippen LogP contribution is 2.37. The Morgan fingerprint density at radius 2 is 2.31 bits per heavy atom. The number of alkyl halides is 3. The Kier molecular flexibility index (Phi) is 3.07. The monoisotopic (exact) mass is 251 g/mol. The molecule has 1 saturated heterocycles. The number of thiazole rings is 1. The zero-order valence-corrected chi connectivity index (χ0v) is 9.31. The van der Waals surface area contributed by atoms with E-state index in [1.807, 2.05) is 4.90 Å². The normalized spacial score (nSPS) is 21.8. The predicted octanol–water partition coefficient (Wildman–Crippen LogP) is 1.95. The van der Waals surface area contributed by atoms with Gasteiger partial charge in [-0.2, -0.15) is 13.2 Å². The van der Waals surface area contributed by atoms with Crippen molar-refractivity contribution in [3.63, 3.8) is 0 Å². The van der Waals surface area contributed by atoms with Crippen molar-refractivity contribution < 1.29 is 13.2 Å². The fourth-order valence-electron chi connectivity index (χ4n) is 1.77. The van der Waals surface area contributed by atoms with Crippen LogP contribution in [0.2, 0.25) is 0 Å². The third-order valence-electron chi connectivity index (χ3n) is 2.67. The standard InChI is InChI=1S/C9H12F3N3S/c10-9(11,12)8-14-4-7(16-8)15-2-1-6(3-13)5-15/h4,6H,1-3,5,13H2. The Bertz CT molecular complexity index is 363. The van der Waals surface area contributed by atoms with Gasteiger partial charge in [0.05, 0.1) is 6.20 Å². The number of hydrogen-bond acceptors (Lipinski definition) is 4. The second-order valence-corrected chi connectivity index (χ2v) is 4.85. The van der Waals surface area contributed by atoms with Crippen molar-refractivity contribution in [1.82, 2.24) is 4.98 Å². The second-order valence-electron chi connectivity index (χ2n) is 3.84. The molecule has 1 aromatic heterocycles. The Labute approximate surface area is 95.1 Å². The highest BCUT2D eigenvalue weighted by molar-refractivity contribution is 7.15. The molecule has 1 atom stereocenters. The van der Waals surface area contributed by atoms with Gasteiger partial charge in [0.15, 0.2) is 5.01 Å². The molecule has 90 valence electrons. The highest BCUT2D eigenvalue weighted by Gasteiger charge is 2.35. The van der Waals surface area contributed by atoms with Crippen LogP contribution in [0.25, 0.3) is 0 Å². The lowest BCUT2D eigenvalue weighted by molar-refractivity contribution is -0.137.